The number of fused-ring (bicyclic) bond motifs is 1. The van der Waals surface area contributed by atoms with Crippen molar-refractivity contribution >= 4 is 12.3 Å². The molecule has 6 nitrogen and oxygen atoms in total. The predicted octanol–water partition coefficient (Wildman–Crippen LogP) is -0.471. The molecule has 9 heavy (non-hydrogen) atoms. The van der Waals surface area contributed by atoms with Crippen LogP contribution < -0.4 is 5.43 Å². The molecule has 0 spiro atoms. The maximum atomic E-state index is 3.71. The lowest BCUT2D eigenvalue weighted by Crippen LogP contribution is -2.40. The topological polar surface area (TPSA) is 64.7 Å². The van der Waals surface area contributed by atoms with Crippen molar-refractivity contribution in [1.29, 1.82) is 0 Å². The Hall–Kier alpha value is -1.46. The largest absolute Gasteiger partial charge is 0.284 e. The molecule has 0 bridgehead atoms. The molecule has 0 aromatic rings. The van der Waals surface area contributed by atoms with E-state index in [1.165, 1.54) is 6.34 Å². The van der Waals surface area contributed by atoms with E-state index in [2.05, 4.69) is 25.9 Å². The molecule has 6 heteroatoms. The zero-order valence-corrected chi connectivity index (χ0v) is 4.52. The van der Waals surface area contributed by atoms with Crippen molar-refractivity contribution in [2.45, 2.75) is 0 Å². The first-order valence-electron chi connectivity index (χ1n) is 2.47. The van der Waals surface area contributed by atoms with Gasteiger partial charge in [-0.2, -0.15) is 5.11 Å². The maximum Gasteiger partial charge on any atom is 0.284 e. The zero-order chi connectivity index (χ0) is 6.10. The van der Waals surface area contributed by atoms with Gasteiger partial charge in [-0.15, -0.1) is 15.3 Å². The third kappa shape index (κ3) is 0.558. The van der Waals surface area contributed by atoms with E-state index in [-0.39, 0.29) is 0 Å². The standard InChI is InChI=1S/C3H4N6/c1-4-7-3-8-5-2-9(3)6-1/h1H,2H2,(H,4,6). The van der Waals surface area contributed by atoms with Crippen LogP contribution in [0, 0.1) is 0 Å². The Kier molecular flexibility index (Phi) is 0.741. The summed E-state index contributed by atoms with van der Waals surface area (Å²) < 4.78 is 0. The summed E-state index contributed by atoms with van der Waals surface area (Å²) in [5.41, 5.74) is 2.80. The van der Waals surface area contributed by atoms with Gasteiger partial charge in [-0.05, 0) is 0 Å². The first-order chi connectivity index (χ1) is 4.47. The number of hydrazine groups is 1. The van der Waals surface area contributed by atoms with Crippen molar-refractivity contribution < 1.29 is 0 Å². The molecule has 46 valence electrons. The first kappa shape index (κ1) is 4.42. The third-order valence-corrected chi connectivity index (χ3v) is 1.02. The molecule has 2 heterocycles. The van der Waals surface area contributed by atoms with E-state index in [1.54, 1.807) is 5.01 Å². The number of azo groups is 1. The quantitative estimate of drug-likeness (QED) is 0.474. The van der Waals surface area contributed by atoms with Gasteiger partial charge >= 0.3 is 0 Å². The lowest BCUT2D eigenvalue weighted by Gasteiger charge is -2.14. The second-order valence-corrected chi connectivity index (χ2v) is 1.58. The summed E-state index contributed by atoms with van der Waals surface area (Å²) in [7, 11) is 0. The Morgan fingerprint density at radius 1 is 1.67 bits per heavy atom. The van der Waals surface area contributed by atoms with Crippen LogP contribution in [-0.4, -0.2) is 24.0 Å². The molecule has 0 aliphatic carbocycles. The monoisotopic (exact) mass is 124 g/mol. The van der Waals surface area contributed by atoms with Gasteiger partial charge < -0.3 is 0 Å². The Bertz CT molecular complexity index is 202. The van der Waals surface area contributed by atoms with Gasteiger partial charge in [-0.3, -0.25) is 5.43 Å². The zero-order valence-electron chi connectivity index (χ0n) is 4.52. The van der Waals surface area contributed by atoms with Crippen LogP contribution in [0.25, 0.3) is 0 Å². The minimum absolute atomic E-state index is 0.519. The average molecular weight is 124 g/mol. The van der Waals surface area contributed by atoms with Crippen molar-refractivity contribution in [3.8, 4) is 0 Å². The van der Waals surface area contributed by atoms with E-state index in [4.69, 9.17) is 0 Å². The predicted molar refractivity (Wildman–Crippen MR) is 30.6 cm³/mol. The fraction of sp³-hybridized carbons (Fsp3) is 0.333. The van der Waals surface area contributed by atoms with E-state index in [0.29, 0.717) is 12.6 Å². The summed E-state index contributed by atoms with van der Waals surface area (Å²) in [5, 5.41) is 16.3. The van der Waals surface area contributed by atoms with Crippen molar-refractivity contribution in [2.75, 3.05) is 6.67 Å². The molecule has 0 aromatic heterocycles. The molecule has 0 atom stereocenters. The third-order valence-electron chi connectivity index (χ3n) is 1.02. The lowest BCUT2D eigenvalue weighted by molar-refractivity contribution is 0.403. The molecule has 1 N–H and O–H groups in total. The fourth-order valence-corrected chi connectivity index (χ4v) is 0.624. The Morgan fingerprint density at radius 2 is 2.67 bits per heavy atom. The SMILES string of the molecule is C1=NN=C2N=NCN2N1. The van der Waals surface area contributed by atoms with Gasteiger partial charge in [0.25, 0.3) is 5.96 Å². The first-order valence-corrected chi connectivity index (χ1v) is 2.47. The van der Waals surface area contributed by atoms with Crippen molar-refractivity contribution in [1.82, 2.24) is 10.4 Å². The summed E-state index contributed by atoms with van der Waals surface area (Å²) in [4.78, 5) is 0. The van der Waals surface area contributed by atoms with E-state index >= 15 is 0 Å². The van der Waals surface area contributed by atoms with E-state index in [1.807, 2.05) is 0 Å². The van der Waals surface area contributed by atoms with Crippen LogP contribution >= 0.6 is 0 Å². The summed E-state index contributed by atoms with van der Waals surface area (Å²) in [6, 6.07) is 0. The molecule has 2 aliphatic rings. The van der Waals surface area contributed by atoms with Gasteiger partial charge in [0.05, 0.1) is 0 Å². The molecule has 0 saturated carbocycles. The van der Waals surface area contributed by atoms with Gasteiger partial charge in [0.15, 0.2) is 6.67 Å². The summed E-state index contributed by atoms with van der Waals surface area (Å²) in [5.74, 6) is 0.525. The van der Waals surface area contributed by atoms with Crippen LogP contribution in [0.4, 0.5) is 0 Å². The van der Waals surface area contributed by atoms with Crippen LogP contribution in [0.3, 0.4) is 0 Å². The molecule has 0 amide bonds. The lowest BCUT2D eigenvalue weighted by atomic mass is 10.9. The van der Waals surface area contributed by atoms with E-state index < -0.39 is 0 Å². The fourth-order valence-electron chi connectivity index (χ4n) is 0.624. The average Bonchev–Trinajstić information content (AvgIpc) is 2.33. The number of rotatable bonds is 0. The normalized spacial score (nSPS) is 21.3. The Balaban J connectivity index is 2.31. The number of guanidine groups is 1. The number of hydrogen-bond donors (Lipinski definition) is 1. The van der Waals surface area contributed by atoms with Crippen LogP contribution in [0.5, 0.6) is 0 Å². The summed E-state index contributed by atoms with van der Waals surface area (Å²) in [6.07, 6.45) is 1.49. The minimum atomic E-state index is 0.519. The minimum Gasteiger partial charge on any atom is -0.282 e. The molecular formula is C3H4N6. The van der Waals surface area contributed by atoms with Crippen LogP contribution in [0.15, 0.2) is 20.4 Å². The van der Waals surface area contributed by atoms with E-state index in [9.17, 15) is 0 Å². The Labute approximate surface area is 50.9 Å². The van der Waals surface area contributed by atoms with Gasteiger partial charge in [-0.25, -0.2) is 5.01 Å². The second kappa shape index (κ2) is 1.51. The molecule has 0 aromatic carbocycles. The van der Waals surface area contributed by atoms with E-state index in [0.717, 1.165) is 0 Å². The van der Waals surface area contributed by atoms with Crippen LogP contribution in [0.2, 0.25) is 0 Å². The number of nitrogens with zero attached hydrogens (tertiary/aromatic N) is 5. The molecule has 0 saturated heterocycles. The molecule has 2 aliphatic heterocycles. The molecule has 0 radical (unpaired) electrons. The summed E-state index contributed by atoms with van der Waals surface area (Å²) >= 11 is 0. The van der Waals surface area contributed by atoms with Gasteiger partial charge in [0.2, 0.25) is 0 Å². The highest BCUT2D eigenvalue weighted by molar-refractivity contribution is 5.84. The van der Waals surface area contributed by atoms with Crippen LogP contribution in [0.1, 0.15) is 0 Å². The van der Waals surface area contributed by atoms with Crippen molar-refractivity contribution in [3.05, 3.63) is 0 Å². The maximum absolute atomic E-state index is 3.71. The molecule has 0 fully saturated rings. The Morgan fingerprint density at radius 3 is 3.56 bits per heavy atom. The highest BCUT2D eigenvalue weighted by atomic mass is 15.7. The highest BCUT2D eigenvalue weighted by Crippen LogP contribution is 2.02. The smallest absolute Gasteiger partial charge is 0.282 e. The second-order valence-electron chi connectivity index (χ2n) is 1.58. The van der Waals surface area contributed by atoms with Crippen molar-refractivity contribution in [2.24, 2.45) is 20.4 Å². The van der Waals surface area contributed by atoms with Crippen LogP contribution in [-0.2, 0) is 0 Å². The molecule has 2 rings (SSSR count). The van der Waals surface area contributed by atoms with Gasteiger partial charge in [0.1, 0.15) is 6.34 Å². The van der Waals surface area contributed by atoms with Gasteiger partial charge in [-0.1, -0.05) is 0 Å². The van der Waals surface area contributed by atoms with Gasteiger partial charge in [0, 0.05) is 0 Å². The molecule has 0 unspecified atom stereocenters. The highest BCUT2D eigenvalue weighted by Gasteiger charge is 2.16. The molecular weight excluding hydrogens is 120 g/mol. The summed E-state index contributed by atoms with van der Waals surface area (Å²) in [6.45, 7) is 0.519. The number of hydrogen-bond acceptors (Lipinski definition) is 6. The number of nitrogens with one attached hydrogen (secondary N) is 1. The van der Waals surface area contributed by atoms with Crippen molar-refractivity contribution in [3.63, 3.8) is 0 Å².